The lowest BCUT2D eigenvalue weighted by molar-refractivity contribution is -0.122. The molecule has 0 bridgehead atoms. The Morgan fingerprint density at radius 3 is 2.35 bits per heavy atom. The highest BCUT2D eigenvalue weighted by atomic mass is 16.5. The molecule has 0 aliphatic carbocycles. The molecule has 2 aromatic heterocycles. The van der Waals surface area contributed by atoms with Crippen LogP contribution in [0.5, 0.6) is 5.88 Å². The Morgan fingerprint density at radius 1 is 1.00 bits per heavy atom. The van der Waals surface area contributed by atoms with Crippen LogP contribution in [0.3, 0.4) is 0 Å². The van der Waals surface area contributed by atoms with Crippen LogP contribution in [0.2, 0.25) is 0 Å². The average Bonchev–Trinajstić information content (AvgIpc) is 3.04. The van der Waals surface area contributed by atoms with Crippen molar-refractivity contribution < 1.29 is 9.53 Å². The summed E-state index contributed by atoms with van der Waals surface area (Å²) in [5.41, 5.74) is 6.48. The van der Waals surface area contributed by atoms with E-state index >= 15 is 0 Å². The van der Waals surface area contributed by atoms with Crippen LogP contribution in [0.15, 0.2) is 54.6 Å². The Kier molecular flexibility index (Phi) is 5.46. The number of hydrogen-bond donors (Lipinski definition) is 1. The standard InChI is InChI=1S/C25H26N4O2/c1-15-11-16(2)13-20(12-15)26-25(30)19(5)31-22-14-17(3)23-18(4)28-29(24(23)27-22)21-9-7-6-8-10-21/h6-14,19H,1-5H3,(H,26,30)/t19-/m1/s1. The summed E-state index contributed by atoms with van der Waals surface area (Å²) in [7, 11) is 0. The number of amides is 1. The third-order valence-corrected chi connectivity index (χ3v) is 5.14. The van der Waals surface area contributed by atoms with E-state index in [-0.39, 0.29) is 5.91 Å². The molecule has 0 unspecified atom stereocenters. The van der Waals surface area contributed by atoms with Crippen LogP contribution in [0.25, 0.3) is 16.7 Å². The van der Waals surface area contributed by atoms with E-state index in [1.54, 1.807) is 6.92 Å². The van der Waals surface area contributed by atoms with Crippen LogP contribution in [0, 0.1) is 27.7 Å². The first-order valence-electron chi connectivity index (χ1n) is 10.3. The quantitative estimate of drug-likeness (QED) is 0.496. The van der Waals surface area contributed by atoms with Gasteiger partial charge in [-0.05, 0) is 75.6 Å². The predicted molar refractivity (Wildman–Crippen MR) is 123 cm³/mol. The van der Waals surface area contributed by atoms with Crippen LogP contribution >= 0.6 is 0 Å². The lowest BCUT2D eigenvalue weighted by Crippen LogP contribution is -2.30. The molecule has 0 radical (unpaired) electrons. The normalized spacial score (nSPS) is 12.0. The van der Waals surface area contributed by atoms with Gasteiger partial charge >= 0.3 is 0 Å². The number of nitrogens with zero attached hydrogens (tertiary/aromatic N) is 3. The van der Waals surface area contributed by atoms with Gasteiger partial charge in [0.15, 0.2) is 11.8 Å². The van der Waals surface area contributed by atoms with Crippen LogP contribution < -0.4 is 10.1 Å². The van der Waals surface area contributed by atoms with Crippen molar-refractivity contribution in [1.82, 2.24) is 14.8 Å². The molecule has 0 saturated heterocycles. The molecule has 2 heterocycles. The first-order valence-corrected chi connectivity index (χ1v) is 10.3. The number of fused-ring (bicyclic) bond motifs is 1. The molecule has 4 rings (SSSR count). The molecule has 0 fully saturated rings. The average molecular weight is 415 g/mol. The van der Waals surface area contributed by atoms with Crippen molar-refractivity contribution in [3.8, 4) is 11.6 Å². The summed E-state index contributed by atoms with van der Waals surface area (Å²) in [5.74, 6) is 0.169. The minimum absolute atomic E-state index is 0.225. The predicted octanol–water partition coefficient (Wildman–Crippen LogP) is 5.06. The second kappa shape index (κ2) is 8.22. The lowest BCUT2D eigenvalue weighted by Gasteiger charge is -2.15. The van der Waals surface area contributed by atoms with E-state index in [4.69, 9.17) is 4.74 Å². The van der Waals surface area contributed by atoms with E-state index in [0.29, 0.717) is 11.5 Å². The molecule has 0 aliphatic rings. The highest BCUT2D eigenvalue weighted by Gasteiger charge is 2.19. The van der Waals surface area contributed by atoms with Gasteiger partial charge in [0.05, 0.1) is 11.4 Å². The molecule has 6 nitrogen and oxygen atoms in total. The molecule has 4 aromatic rings. The summed E-state index contributed by atoms with van der Waals surface area (Å²) < 4.78 is 7.74. The van der Waals surface area contributed by atoms with E-state index in [1.165, 1.54) is 0 Å². The lowest BCUT2D eigenvalue weighted by atomic mass is 10.1. The minimum Gasteiger partial charge on any atom is -0.464 e. The number of benzene rings is 2. The number of carbonyl (C=O) groups excluding carboxylic acids is 1. The van der Waals surface area contributed by atoms with Gasteiger partial charge in [-0.1, -0.05) is 24.3 Å². The number of aromatic nitrogens is 3. The summed E-state index contributed by atoms with van der Waals surface area (Å²) in [6.07, 6.45) is -0.709. The number of aryl methyl sites for hydroxylation is 4. The summed E-state index contributed by atoms with van der Waals surface area (Å²) in [5, 5.41) is 8.58. The molecule has 2 aromatic carbocycles. The number of para-hydroxylation sites is 1. The highest BCUT2D eigenvalue weighted by molar-refractivity contribution is 5.94. The number of carbonyl (C=O) groups is 1. The van der Waals surface area contributed by atoms with Gasteiger partial charge < -0.3 is 10.1 Å². The zero-order valence-electron chi connectivity index (χ0n) is 18.4. The van der Waals surface area contributed by atoms with Crippen molar-refractivity contribution in [1.29, 1.82) is 0 Å². The van der Waals surface area contributed by atoms with Gasteiger partial charge in [-0.15, -0.1) is 0 Å². The maximum absolute atomic E-state index is 12.7. The molecule has 0 saturated carbocycles. The van der Waals surface area contributed by atoms with Crippen LogP contribution in [0.4, 0.5) is 5.69 Å². The van der Waals surface area contributed by atoms with Crippen molar-refractivity contribution in [2.45, 2.75) is 40.7 Å². The summed E-state index contributed by atoms with van der Waals surface area (Å²) >= 11 is 0. The smallest absolute Gasteiger partial charge is 0.265 e. The molecule has 158 valence electrons. The maximum atomic E-state index is 12.7. The number of anilines is 1. The molecular formula is C25H26N4O2. The third kappa shape index (κ3) is 4.28. The van der Waals surface area contributed by atoms with E-state index in [2.05, 4.69) is 21.5 Å². The van der Waals surface area contributed by atoms with Gasteiger partial charge in [-0.25, -0.2) is 4.68 Å². The molecule has 0 aliphatic heterocycles. The fraction of sp³-hybridized carbons (Fsp3) is 0.240. The van der Waals surface area contributed by atoms with Crippen molar-refractivity contribution in [2.75, 3.05) is 5.32 Å². The zero-order chi connectivity index (χ0) is 22.1. The number of ether oxygens (including phenoxy) is 1. The van der Waals surface area contributed by atoms with Gasteiger partial charge in [0.1, 0.15) is 0 Å². The Morgan fingerprint density at radius 2 is 1.68 bits per heavy atom. The largest absolute Gasteiger partial charge is 0.464 e. The van der Waals surface area contributed by atoms with E-state index < -0.39 is 6.10 Å². The molecule has 6 heteroatoms. The molecule has 1 atom stereocenters. The van der Waals surface area contributed by atoms with Crippen LogP contribution in [-0.2, 0) is 4.79 Å². The summed E-state index contributed by atoms with van der Waals surface area (Å²) in [6.45, 7) is 9.70. The zero-order valence-corrected chi connectivity index (χ0v) is 18.4. The van der Waals surface area contributed by atoms with Gasteiger partial charge in [0.2, 0.25) is 5.88 Å². The van der Waals surface area contributed by atoms with Crippen molar-refractivity contribution in [3.63, 3.8) is 0 Å². The molecule has 1 N–H and O–H groups in total. The van der Waals surface area contributed by atoms with Crippen molar-refractivity contribution in [3.05, 3.63) is 77.0 Å². The van der Waals surface area contributed by atoms with Gasteiger partial charge in [0.25, 0.3) is 5.91 Å². The minimum atomic E-state index is -0.709. The fourth-order valence-electron chi connectivity index (χ4n) is 3.81. The van der Waals surface area contributed by atoms with Gasteiger partial charge in [0, 0.05) is 17.1 Å². The number of rotatable bonds is 5. The van der Waals surface area contributed by atoms with Crippen molar-refractivity contribution in [2.24, 2.45) is 0 Å². The molecular weight excluding hydrogens is 388 g/mol. The third-order valence-electron chi connectivity index (χ3n) is 5.14. The van der Waals surface area contributed by atoms with Crippen LogP contribution in [0.1, 0.15) is 29.3 Å². The van der Waals surface area contributed by atoms with Gasteiger partial charge in [-0.3, -0.25) is 4.79 Å². The summed E-state index contributed by atoms with van der Waals surface area (Å²) in [6, 6.07) is 17.6. The monoisotopic (exact) mass is 414 g/mol. The fourth-order valence-corrected chi connectivity index (χ4v) is 3.81. The molecule has 0 spiro atoms. The van der Waals surface area contributed by atoms with E-state index in [1.807, 2.05) is 80.9 Å². The van der Waals surface area contributed by atoms with E-state index in [9.17, 15) is 4.79 Å². The SMILES string of the molecule is Cc1cc(C)cc(NC(=O)[C@@H](C)Oc2cc(C)c3c(C)nn(-c4ccccc4)c3n2)c1. The summed E-state index contributed by atoms with van der Waals surface area (Å²) in [4.78, 5) is 17.4. The van der Waals surface area contributed by atoms with Crippen molar-refractivity contribution >= 4 is 22.6 Å². The Labute approximate surface area is 181 Å². The Balaban J connectivity index is 1.61. The maximum Gasteiger partial charge on any atom is 0.265 e. The number of hydrogen-bond acceptors (Lipinski definition) is 4. The Bertz CT molecular complexity index is 1240. The first-order chi connectivity index (χ1) is 14.8. The van der Waals surface area contributed by atoms with Gasteiger partial charge in [-0.2, -0.15) is 10.1 Å². The molecule has 1 amide bonds. The number of pyridine rings is 1. The highest BCUT2D eigenvalue weighted by Crippen LogP contribution is 2.27. The Hall–Kier alpha value is -3.67. The number of nitrogens with one attached hydrogen (secondary N) is 1. The first kappa shape index (κ1) is 20.6. The second-order valence-electron chi connectivity index (χ2n) is 7.93. The van der Waals surface area contributed by atoms with Crippen LogP contribution in [-0.4, -0.2) is 26.8 Å². The molecule has 31 heavy (non-hydrogen) atoms. The topological polar surface area (TPSA) is 69.0 Å². The second-order valence-corrected chi connectivity index (χ2v) is 7.93. The van der Waals surface area contributed by atoms with E-state index in [0.717, 1.165) is 39.1 Å².